The maximum absolute atomic E-state index is 11.9. The lowest BCUT2D eigenvalue weighted by Gasteiger charge is -2.18. The molecule has 1 atom stereocenters. The Morgan fingerprint density at radius 1 is 1.50 bits per heavy atom. The number of hydrogen-bond acceptors (Lipinski definition) is 5. The third kappa shape index (κ3) is 3.83. The Kier molecular flexibility index (Phi) is 4.98. The van der Waals surface area contributed by atoms with Gasteiger partial charge in [0.05, 0.1) is 23.6 Å². The number of sulfonamides is 1. The molecule has 7 nitrogen and oxygen atoms in total. The summed E-state index contributed by atoms with van der Waals surface area (Å²) < 4.78 is 30.8. The molecule has 0 bridgehead atoms. The van der Waals surface area contributed by atoms with Gasteiger partial charge in [0.1, 0.15) is 5.75 Å². The Hall–Kier alpha value is -1.35. The van der Waals surface area contributed by atoms with E-state index in [1.807, 2.05) is 4.72 Å². The van der Waals surface area contributed by atoms with Crippen LogP contribution in [-0.4, -0.2) is 43.9 Å². The Labute approximate surface area is 121 Å². The van der Waals surface area contributed by atoms with Crippen LogP contribution >= 0.6 is 11.6 Å². The van der Waals surface area contributed by atoms with E-state index in [0.717, 1.165) is 13.0 Å². The van der Waals surface area contributed by atoms with Gasteiger partial charge in [-0.1, -0.05) is 11.6 Å². The van der Waals surface area contributed by atoms with E-state index in [2.05, 4.69) is 0 Å². The molecule has 112 valence electrons. The number of carboxylic acids is 1. The zero-order valence-corrected chi connectivity index (χ0v) is 12.3. The maximum atomic E-state index is 11.9. The molecule has 20 heavy (non-hydrogen) atoms. The molecule has 0 saturated carbocycles. The van der Waals surface area contributed by atoms with Crippen LogP contribution in [0.15, 0.2) is 23.1 Å². The van der Waals surface area contributed by atoms with Crippen molar-refractivity contribution in [2.45, 2.75) is 17.4 Å². The highest BCUT2D eigenvalue weighted by Crippen LogP contribution is 2.26. The van der Waals surface area contributed by atoms with Crippen molar-refractivity contribution in [2.24, 2.45) is 0 Å². The summed E-state index contributed by atoms with van der Waals surface area (Å²) in [6, 6.07) is 3.78. The van der Waals surface area contributed by atoms with Gasteiger partial charge in [0, 0.05) is 0 Å². The van der Waals surface area contributed by atoms with Gasteiger partial charge in [0.15, 0.2) is 5.60 Å². The number of rotatable bonds is 6. The molecule has 0 heterocycles. The van der Waals surface area contributed by atoms with Crippen molar-refractivity contribution in [3.63, 3.8) is 0 Å². The molecule has 0 aliphatic carbocycles. The van der Waals surface area contributed by atoms with Crippen LogP contribution in [0.2, 0.25) is 5.02 Å². The van der Waals surface area contributed by atoms with Gasteiger partial charge in [-0.25, -0.2) is 17.9 Å². The van der Waals surface area contributed by atoms with Crippen molar-refractivity contribution in [1.29, 1.82) is 0 Å². The largest absolute Gasteiger partial charge is 0.495 e. The first-order valence-electron chi connectivity index (χ1n) is 5.39. The molecule has 0 aromatic heterocycles. The van der Waals surface area contributed by atoms with Crippen LogP contribution in [-0.2, 0) is 14.8 Å². The minimum Gasteiger partial charge on any atom is -0.495 e. The van der Waals surface area contributed by atoms with Crippen LogP contribution < -0.4 is 9.46 Å². The van der Waals surface area contributed by atoms with Gasteiger partial charge in [0.2, 0.25) is 10.0 Å². The Morgan fingerprint density at radius 3 is 2.55 bits per heavy atom. The van der Waals surface area contributed by atoms with E-state index < -0.39 is 28.1 Å². The fraction of sp³-hybridized carbons (Fsp3) is 0.364. The second-order valence-electron chi connectivity index (χ2n) is 4.20. The van der Waals surface area contributed by atoms with E-state index in [1.165, 1.54) is 19.2 Å². The highest BCUT2D eigenvalue weighted by atomic mass is 35.5. The van der Waals surface area contributed by atoms with Gasteiger partial charge in [0.25, 0.3) is 0 Å². The topological polar surface area (TPSA) is 113 Å². The first kappa shape index (κ1) is 16.7. The number of methoxy groups -OCH3 is 1. The molecule has 1 aromatic carbocycles. The zero-order valence-electron chi connectivity index (χ0n) is 10.8. The Balaban J connectivity index is 2.95. The fourth-order valence-electron chi connectivity index (χ4n) is 1.21. The lowest BCUT2D eigenvalue weighted by Crippen LogP contribution is -2.46. The highest BCUT2D eigenvalue weighted by molar-refractivity contribution is 7.89. The third-order valence-electron chi connectivity index (χ3n) is 2.50. The molecule has 0 aliphatic heterocycles. The average Bonchev–Trinajstić information content (AvgIpc) is 2.36. The number of aliphatic carboxylic acids is 1. The summed E-state index contributed by atoms with van der Waals surface area (Å²) in [5.41, 5.74) is -2.21. The summed E-state index contributed by atoms with van der Waals surface area (Å²) >= 11 is 5.82. The van der Waals surface area contributed by atoms with Crippen molar-refractivity contribution in [3.8, 4) is 5.75 Å². The first-order chi connectivity index (χ1) is 9.10. The van der Waals surface area contributed by atoms with Crippen molar-refractivity contribution < 1.29 is 28.2 Å². The van der Waals surface area contributed by atoms with E-state index in [1.54, 1.807) is 0 Å². The maximum Gasteiger partial charge on any atom is 0.336 e. The number of carboxylic acid groups (broad SMARTS) is 1. The Bertz CT molecular complexity index is 613. The smallest absolute Gasteiger partial charge is 0.336 e. The van der Waals surface area contributed by atoms with Crippen LogP contribution in [0, 0.1) is 0 Å². The van der Waals surface area contributed by atoms with Gasteiger partial charge < -0.3 is 14.9 Å². The van der Waals surface area contributed by atoms with Gasteiger partial charge in [-0.05, 0) is 25.1 Å². The molecular weight excluding hydrogens is 310 g/mol. The molecule has 3 N–H and O–H groups in total. The zero-order chi connectivity index (χ0) is 15.6. The lowest BCUT2D eigenvalue weighted by atomic mass is 10.1. The van der Waals surface area contributed by atoms with Crippen LogP contribution in [0.25, 0.3) is 0 Å². The van der Waals surface area contributed by atoms with Crippen molar-refractivity contribution in [3.05, 3.63) is 23.2 Å². The molecule has 0 amide bonds. The summed E-state index contributed by atoms with van der Waals surface area (Å²) in [5, 5.41) is 18.3. The minimum atomic E-state index is -3.99. The molecule has 1 aromatic rings. The summed E-state index contributed by atoms with van der Waals surface area (Å²) in [5.74, 6) is -1.23. The van der Waals surface area contributed by atoms with Crippen molar-refractivity contribution >= 4 is 27.6 Å². The second-order valence-corrected chi connectivity index (χ2v) is 6.37. The fourth-order valence-corrected chi connectivity index (χ4v) is 2.69. The monoisotopic (exact) mass is 323 g/mol. The molecule has 0 aliphatic rings. The third-order valence-corrected chi connectivity index (χ3v) is 4.19. The quantitative estimate of drug-likeness (QED) is 0.701. The van der Waals surface area contributed by atoms with Gasteiger partial charge in [-0.2, -0.15) is 0 Å². The van der Waals surface area contributed by atoms with E-state index in [-0.39, 0.29) is 9.92 Å². The predicted molar refractivity (Wildman–Crippen MR) is 71.5 cm³/mol. The number of carbonyl (C=O) groups is 1. The number of aliphatic hydroxyl groups is 1. The minimum absolute atomic E-state index is 0.0976. The molecule has 0 saturated heterocycles. The Morgan fingerprint density at radius 2 is 2.10 bits per heavy atom. The van der Waals surface area contributed by atoms with Gasteiger partial charge in [-0.3, -0.25) is 0 Å². The molecule has 1 unspecified atom stereocenters. The van der Waals surface area contributed by atoms with Crippen LogP contribution in [0.1, 0.15) is 6.92 Å². The SMILES string of the molecule is COc1ccc(S(=O)(=O)NCC(C)(O)C(=O)O)cc1Cl. The van der Waals surface area contributed by atoms with E-state index in [4.69, 9.17) is 21.4 Å². The first-order valence-corrected chi connectivity index (χ1v) is 7.25. The lowest BCUT2D eigenvalue weighted by molar-refractivity contribution is -0.155. The summed E-state index contributed by atoms with van der Waals surface area (Å²) in [6.07, 6.45) is 0. The highest BCUT2D eigenvalue weighted by Gasteiger charge is 2.31. The van der Waals surface area contributed by atoms with Crippen molar-refractivity contribution in [1.82, 2.24) is 4.72 Å². The number of benzene rings is 1. The summed E-state index contributed by atoms with van der Waals surface area (Å²) in [4.78, 5) is 10.5. The van der Waals surface area contributed by atoms with E-state index in [0.29, 0.717) is 5.75 Å². The molecule has 0 radical (unpaired) electrons. The van der Waals surface area contributed by atoms with Gasteiger partial charge >= 0.3 is 5.97 Å². The number of hydrogen-bond donors (Lipinski definition) is 3. The summed E-state index contributed by atoms with van der Waals surface area (Å²) in [7, 11) is -2.60. The van der Waals surface area contributed by atoms with Crippen LogP contribution in [0.5, 0.6) is 5.75 Å². The van der Waals surface area contributed by atoms with Crippen LogP contribution in [0.3, 0.4) is 0 Å². The van der Waals surface area contributed by atoms with E-state index >= 15 is 0 Å². The molecule has 0 fully saturated rings. The van der Waals surface area contributed by atoms with E-state index in [9.17, 15) is 18.3 Å². The molecule has 1 rings (SSSR count). The number of ether oxygens (including phenoxy) is 1. The average molecular weight is 324 g/mol. The molecule has 0 spiro atoms. The number of halogens is 1. The standard InChI is InChI=1S/C11H14ClNO6S/c1-11(16,10(14)15)6-13-20(17,18)7-3-4-9(19-2)8(12)5-7/h3-5,13,16H,6H2,1-2H3,(H,14,15). The van der Waals surface area contributed by atoms with Gasteiger partial charge in [-0.15, -0.1) is 0 Å². The predicted octanol–water partition coefficient (Wildman–Crippen LogP) is 0.462. The summed E-state index contributed by atoms with van der Waals surface area (Å²) in [6.45, 7) is 0.313. The number of nitrogens with one attached hydrogen (secondary N) is 1. The normalized spacial score (nSPS) is 14.6. The molecular formula is C11H14ClNO6S. The van der Waals surface area contributed by atoms with Crippen molar-refractivity contribution in [2.75, 3.05) is 13.7 Å². The second kappa shape index (κ2) is 5.96. The van der Waals surface area contributed by atoms with Crippen LogP contribution in [0.4, 0.5) is 0 Å². The molecule has 9 heteroatoms.